The fraction of sp³-hybridized carbons (Fsp3) is 0.633. The number of hydrogen-bond donors (Lipinski definition) is 2. The van der Waals surface area contributed by atoms with Crippen LogP contribution >= 0.6 is 11.6 Å². The van der Waals surface area contributed by atoms with Crippen LogP contribution in [0.25, 0.3) is 0 Å². The molecular formula is C30H40ClN5O4. The summed E-state index contributed by atoms with van der Waals surface area (Å²) in [5, 5.41) is 19.0. The van der Waals surface area contributed by atoms with E-state index in [0.717, 1.165) is 62.9 Å². The Morgan fingerprint density at radius 2 is 1.82 bits per heavy atom. The molecule has 216 valence electrons. The number of nitrogens with zero attached hydrogens (tertiary/aromatic N) is 4. The Labute approximate surface area is 240 Å². The largest absolute Gasteiger partial charge is 0.445 e. The first-order valence-corrected chi connectivity index (χ1v) is 15.0. The second-order valence-electron chi connectivity index (χ2n) is 12.7. The minimum absolute atomic E-state index is 0.0770. The van der Waals surface area contributed by atoms with Crippen LogP contribution in [0.3, 0.4) is 0 Å². The van der Waals surface area contributed by atoms with E-state index in [2.05, 4.69) is 15.3 Å². The van der Waals surface area contributed by atoms with Crippen LogP contribution in [0.5, 0.6) is 0 Å². The molecule has 4 bridgehead atoms. The van der Waals surface area contributed by atoms with Gasteiger partial charge in [0.25, 0.3) is 5.91 Å². The number of ether oxygens (including phenoxy) is 1. The predicted octanol–water partition coefficient (Wildman–Crippen LogP) is 4.23. The zero-order chi connectivity index (χ0) is 28.0. The Hall–Kier alpha value is -2.78. The van der Waals surface area contributed by atoms with Crippen molar-refractivity contribution < 1.29 is 19.4 Å². The molecule has 1 aliphatic heterocycles. The molecule has 2 amide bonds. The van der Waals surface area contributed by atoms with Crippen molar-refractivity contribution in [3.05, 3.63) is 46.6 Å². The Morgan fingerprint density at radius 1 is 1.15 bits per heavy atom. The number of amides is 2. The quantitative estimate of drug-likeness (QED) is 0.518. The number of nitrogens with one attached hydrogen (secondary N) is 1. The molecule has 1 aromatic carbocycles. The first kappa shape index (κ1) is 27.4. The number of likely N-dealkylation sites (tertiary alicyclic amines) is 1. The highest BCUT2D eigenvalue weighted by Gasteiger charge is 2.55. The van der Waals surface area contributed by atoms with Gasteiger partial charge >= 0.3 is 6.09 Å². The number of carbonyl (C=O) groups is 2. The highest BCUT2D eigenvalue weighted by atomic mass is 35.5. The molecule has 40 heavy (non-hydrogen) atoms. The van der Waals surface area contributed by atoms with E-state index in [0.29, 0.717) is 41.8 Å². The smallest absolute Gasteiger partial charge is 0.410 e. The number of hydrogen-bond acceptors (Lipinski definition) is 6. The molecule has 2 atom stereocenters. The Kier molecular flexibility index (Phi) is 7.46. The minimum Gasteiger partial charge on any atom is -0.445 e. The molecule has 5 fully saturated rings. The molecule has 2 heterocycles. The third-order valence-corrected chi connectivity index (χ3v) is 10.0. The van der Waals surface area contributed by atoms with Crippen molar-refractivity contribution in [3.8, 4) is 0 Å². The van der Waals surface area contributed by atoms with Gasteiger partial charge in [-0.05, 0) is 74.2 Å². The number of benzene rings is 1. The van der Waals surface area contributed by atoms with E-state index in [1.807, 2.05) is 44.4 Å². The van der Waals surface area contributed by atoms with Gasteiger partial charge in [0.2, 0.25) is 0 Å². The van der Waals surface area contributed by atoms with Gasteiger partial charge in [0.05, 0.1) is 5.60 Å². The van der Waals surface area contributed by atoms with Gasteiger partial charge in [0.15, 0.2) is 5.69 Å². The van der Waals surface area contributed by atoms with Crippen molar-refractivity contribution in [2.75, 3.05) is 31.6 Å². The van der Waals surface area contributed by atoms with Crippen LogP contribution in [0.4, 0.5) is 10.6 Å². The molecule has 2 unspecified atom stereocenters. The molecule has 7 rings (SSSR count). The molecule has 4 saturated carbocycles. The van der Waals surface area contributed by atoms with E-state index >= 15 is 0 Å². The number of piperidine rings is 1. The first-order valence-electron chi connectivity index (χ1n) is 14.6. The van der Waals surface area contributed by atoms with Crippen LogP contribution in [0.2, 0.25) is 5.02 Å². The molecule has 1 saturated heterocycles. The molecular weight excluding hydrogens is 530 g/mol. The van der Waals surface area contributed by atoms with Crippen molar-refractivity contribution in [2.24, 2.45) is 30.7 Å². The summed E-state index contributed by atoms with van der Waals surface area (Å²) in [6.45, 7) is 2.33. The number of halogens is 1. The summed E-state index contributed by atoms with van der Waals surface area (Å²) in [6, 6.07) is 9.78. The molecule has 1 aromatic heterocycles. The number of aliphatic hydroxyl groups is 1. The molecule has 9 nitrogen and oxygen atoms in total. The Balaban J connectivity index is 1.02. The summed E-state index contributed by atoms with van der Waals surface area (Å²) >= 11 is 6.78. The normalized spacial score (nSPS) is 29.4. The van der Waals surface area contributed by atoms with Crippen molar-refractivity contribution >= 4 is 29.4 Å². The van der Waals surface area contributed by atoms with E-state index in [1.165, 1.54) is 0 Å². The lowest BCUT2D eigenvalue weighted by atomic mass is 9.52. The van der Waals surface area contributed by atoms with Crippen LogP contribution in [0, 0.1) is 23.7 Å². The van der Waals surface area contributed by atoms with Crippen LogP contribution in [0.15, 0.2) is 30.3 Å². The number of aromatic nitrogens is 2. The Bertz CT molecular complexity index is 1230. The van der Waals surface area contributed by atoms with Gasteiger partial charge in [-0.3, -0.25) is 9.48 Å². The van der Waals surface area contributed by atoms with Gasteiger partial charge < -0.3 is 25.0 Å². The number of carbonyl (C=O) groups excluding carboxylic acids is 2. The zero-order valence-corrected chi connectivity index (χ0v) is 24.1. The van der Waals surface area contributed by atoms with Crippen molar-refractivity contribution in [1.82, 2.24) is 20.0 Å². The average molecular weight is 570 g/mol. The van der Waals surface area contributed by atoms with E-state index in [9.17, 15) is 14.7 Å². The highest BCUT2D eigenvalue weighted by Crippen LogP contribution is 2.55. The maximum Gasteiger partial charge on any atom is 0.410 e. The summed E-state index contributed by atoms with van der Waals surface area (Å²) in [7, 11) is 3.79. The Morgan fingerprint density at radius 3 is 2.48 bits per heavy atom. The lowest BCUT2D eigenvalue weighted by Crippen LogP contribution is -2.61. The second-order valence-corrected chi connectivity index (χ2v) is 13.0. The number of aryl methyl sites for hydroxylation is 1. The molecule has 10 heteroatoms. The summed E-state index contributed by atoms with van der Waals surface area (Å²) < 4.78 is 7.19. The van der Waals surface area contributed by atoms with Crippen LogP contribution < -0.4 is 10.2 Å². The maximum absolute atomic E-state index is 13.4. The topological polar surface area (TPSA) is 99.9 Å². The van der Waals surface area contributed by atoms with Crippen LogP contribution in [-0.2, 0) is 18.4 Å². The summed E-state index contributed by atoms with van der Waals surface area (Å²) in [5.41, 5.74) is 0.703. The fourth-order valence-electron chi connectivity index (χ4n) is 8.07. The molecule has 0 radical (unpaired) electrons. The molecule has 2 aromatic rings. The van der Waals surface area contributed by atoms with Crippen LogP contribution in [-0.4, -0.2) is 70.1 Å². The summed E-state index contributed by atoms with van der Waals surface area (Å²) in [5.74, 6) is 2.10. The molecule has 4 aliphatic carbocycles. The zero-order valence-electron chi connectivity index (χ0n) is 23.4. The number of rotatable bonds is 7. The third kappa shape index (κ3) is 5.42. The molecule has 0 spiro atoms. The monoisotopic (exact) mass is 569 g/mol. The van der Waals surface area contributed by atoms with Gasteiger partial charge in [0, 0.05) is 39.8 Å². The predicted molar refractivity (Wildman–Crippen MR) is 152 cm³/mol. The van der Waals surface area contributed by atoms with Gasteiger partial charge in [-0.15, -0.1) is 0 Å². The maximum atomic E-state index is 13.4. The SMILES string of the molecule is CN(CC1CCN(C(=O)OCc2ccccc2)CC1)c1c(Cl)c(C(=O)NC2C3CC4CC2CC(O)(C4)C3)nn1C. The number of anilines is 1. The molecule has 5 aliphatic rings. The van der Waals surface area contributed by atoms with E-state index in [-0.39, 0.29) is 30.3 Å². The van der Waals surface area contributed by atoms with E-state index in [4.69, 9.17) is 16.3 Å². The lowest BCUT2D eigenvalue weighted by molar-refractivity contribution is -0.136. The standard InChI is InChI=1S/C30H40ClN5O4/c1-34(17-19-8-10-36(11-9-19)29(38)40-18-20-6-4-3-5-7-20)28-24(31)26(33-35(28)2)27(37)32-25-22-12-21-13-23(25)16-30(39,14-21)15-22/h3-7,19,21-23,25,39H,8-18H2,1-2H3,(H,32,37). The highest BCUT2D eigenvalue weighted by molar-refractivity contribution is 6.36. The van der Waals surface area contributed by atoms with Gasteiger partial charge in [-0.1, -0.05) is 41.9 Å². The first-order chi connectivity index (χ1) is 19.2. The minimum atomic E-state index is -0.533. The third-order valence-electron chi connectivity index (χ3n) is 9.69. The van der Waals surface area contributed by atoms with Gasteiger partial charge in [-0.25, -0.2) is 4.79 Å². The van der Waals surface area contributed by atoms with Gasteiger partial charge in [-0.2, -0.15) is 5.10 Å². The lowest BCUT2D eigenvalue weighted by Gasteiger charge is -2.58. The van der Waals surface area contributed by atoms with Crippen LogP contribution in [0.1, 0.15) is 61.0 Å². The molecule has 2 N–H and O–H groups in total. The van der Waals surface area contributed by atoms with E-state index < -0.39 is 5.60 Å². The summed E-state index contributed by atoms with van der Waals surface area (Å²) in [6.07, 6.45) is 6.09. The summed E-state index contributed by atoms with van der Waals surface area (Å²) in [4.78, 5) is 29.7. The second kappa shape index (κ2) is 10.9. The van der Waals surface area contributed by atoms with E-state index in [1.54, 1.807) is 9.58 Å². The van der Waals surface area contributed by atoms with Crippen molar-refractivity contribution in [1.29, 1.82) is 0 Å². The van der Waals surface area contributed by atoms with Crippen molar-refractivity contribution in [3.63, 3.8) is 0 Å². The average Bonchev–Trinajstić information content (AvgIpc) is 3.23. The fourth-order valence-corrected chi connectivity index (χ4v) is 8.46. The van der Waals surface area contributed by atoms with Gasteiger partial charge in [0.1, 0.15) is 17.4 Å². The van der Waals surface area contributed by atoms with Crippen molar-refractivity contribution in [2.45, 2.75) is 63.2 Å².